The van der Waals surface area contributed by atoms with Crippen LogP contribution < -0.4 is 4.74 Å². The first-order valence-corrected chi connectivity index (χ1v) is 13.4. The number of pyridine rings is 1. The van der Waals surface area contributed by atoms with Gasteiger partial charge in [-0.05, 0) is 74.8 Å². The van der Waals surface area contributed by atoms with E-state index in [1.807, 2.05) is 12.1 Å². The fourth-order valence-corrected chi connectivity index (χ4v) is 5.89. The first kappa shape index (κ1) is 24.3. The van der Waals surface area contributed by atoms with Gasteiger partial charge >= 0.3 is 5.97 Å². The minimum Gasteiger partial charge on any atom is -0.425 e. The van der Waals surface area contributed by atoms with Crippen molar-refractivity contribution in [2.24, 2.45) is 23.7 Å². The lowest BCUT2D eigenvalue weighted by molar-refractivity contribution is -0.140. The van der Waals surface area contributed by atoms with Gasteiger partial charge in [-0.25, -0.2) is 0 Å². The van der Waals surface area contributed by atoms with Gasteiger partial charge in [0.05, 0.1) is 12.1 Å². The molecule has 2 aliphatic carbocycles. The molecule has 0 aromatic carbocycles. The molecule has 31 heavy (non-hydrogen) atoms. The van der Waals surface area contributed by atoms with Gasteiger partial charge in [0, 0.05) is 5.69 Å². The van der Waals surface area contributed by atoms with Gasteiger partial charge in [0.1, 0.15) is 5.75 Å². The van der Waals surface area contributed by atoms with Crippen molar-refractivity contribution in [3.8, 4) is 5.75 Å². The monoisotopic (exact) mass is 427 g/mol. The molecule has 1 aromatic rings. The maximum absolute atomic E-state index is 12.6. The number of ether oxygens (including phenoxy) is 1. The Morgan fingerprint density at radius 1 is 0.871 bits per heavy atom. The third-order valence-corrected chi connectivity index (χ3v) is 7.90. The molecule has 0 radical (unpaired) electrons. The van der Waals surface area contributed by atoms with Crippen molar-refractivity contribution in [1.29, 1.82) is 0 Å². The molecule has 2 aliphatic rings. The number of carbonyl (C=O) groups excluding carboxylic acids is 1. The molecule has 0 atom stereocenters. The summed E-state index contributed by atoms with van der Waals surface area (Å²) >= 11 is 0. The second-order valence-electron chi connectivity index (χ2n) is 10.3. The Kier molecular flexibility index (Phi) is 10.4. The number of rotatable bonds is 11. The molecular formula is C28H45NO2. The fraction of sp³-hybridized carbons (Fsp3) is 0.786. The SMILES string of the molecule is CCCCCCCC1CCC(C2CCC(C(=O)Oc3ccc(CCC)nc3)CC2)CC1. The highest BCUT2D eigenvalue weighted by Crippen LogP contribution is 2.42. The number of hydrogen-bond donors (Lipinski definition) is 0. The summed E-state index contributed by atoms with van der Waals surface area (Å²) in [5, 5.41) is 0. The second-order valence-corrected chi connectivity index (χ2v) is 10.3. The average Bonchev–Trinajstić information content (AvgIpc) is 2.81. The fourth-order valence-electron chi connectivity index (χ4n) is 5.89. The van der Waals surface area contributed by atoms with E-state index in [1.165, 1.54) is 77.0 Å². The number of aromatic nitrogens is 1. The molecule has 2 fully saturated rings. The van der Waals surface area contributed by atoms with Crippen LogP contribution in [0.1, 0.15) is 116 Å². The maximum atomic E-state index is 12.6. The third-order valence-electron chi connectivity index (χ3n) is 7.90. The van der Waals surface area contributed by atoms with Crippen LogP contribution in [-0.4, -0.2) is 11.0 Å². The molecule has 0 bridgehead atoms. The summed E-state index contributed by atoms with van der Waals surface area (Å²) in [6.45, 7) is 4.44. The zero-order valence-corrected chi connectivity index (χ0v) is 20.1. The molecule has 174 valence electrons. The molecule has 1 aromatic heterocycles. The molecule has 0 aliphatic heterocycles. The average molecular weight is 428 g/mol. The second kappa shape index (κ2) is 13.2. The summed E-state index contributed by atoms with van der Waals surface area (Å²) in [5.41, 5.74) is 1.06. The first-order valence-electron chi connectivity index (χ1n) is 13.4. The smallest absolute Gasteiger partial charge is 0.314 e. The van der Waals surface area contributed by atoms with Crippen molar-refractivity contribution in [2.45, 2.75) is 117 Å². The zero-order chi connectivity index (χ0) is 21.9. The third kappa shape index (κ3) is 7.91. The van der Waals surface area contributed by atoms with E-state index in [9.17, 15) is 4.79 Å². The van der Waals surface area contributed by atoms with Crippen LogP contribution in [0.25, 0.3) is 0 Å². The minimum atomic E-state index is -0.0460. The molecule has 0 N–H and O–H groups in total. The molecule has 2 saturated carbocycles. The molecule has 0 amide bonds. The van der Waals surface area contributed by atoms with Gasteiger partial charge in [0.2, 0.25) is 0 Å². The van der Waals surface area contributed by atoms with Crippen LogP contribution in [-0.2, 0) is 11.2 Å². The van der Waals surface area contributed by atoms with Crippen LogP contribution in [0.3, 0.4) is 0 Å². The Labute approximate surface area is 190 Å². The Morgan fingerprint density at radius 3 is 2.16 bits per heavy atom. The van der Waals surface area contributed by atoms with E-state index in [-0.39, 0.29) is 11.9 Å². The van der Waals surface area contributed by atoms with Gasteiger partial charge in [0.15, 0.2) is 0 Å². The predicted octanol–water partition coefficient (Wildman–Crippen LogP) is 7.91. The number of esters is 1. The van der Waals surface area contributed by atoms with Crippen LogP contribution >= 0.6 is 0 Å². The number of unbranched alkanes of at least 4 members (excludes halogenated alkanes) is 4. The van der Waals surface area contributed by atoms with Crippen LogP contribution in [0.2, 0.25) is 0 Å². The van der Waals surface area contributed by atoms with Crippen molar-refractivity contribution in [2.75, 3.05) is 0 Å². The van der Waals surface area contributed by atoms with Crippen LogP contribution in [0, 0.1) is 23.7 Å². The Morgan fingerprint density at radius 2 is 1.55 bits per heavy atom. The van der Waals surface area contributed by atoms with E-state index in [1.54, 1.807) is 6.20 Å². The molecule has 0 unspecified atom stereocenters. The van der Waals surface area contributed by atoms with E-state index in [4.69, 9.17) is 4.74 Å². The van der Waals surface area contributed by atoms with Crippen LogP contribution in [0.15, 0.2) is 18.3 Å². The molecule has 1 heterocycles. The van der Waals surface area contributed by atoms with E-state index < -0.39 is 0 Å². The molecule has 0 saturated heterocycles. The molecule has 3 heteroatoms. The summed E-state index contributed by atoms with van der Waals surface area (Å²) in [7, 11) is 0. The van der Waals surface area contributed by atoms with E-state index in [0.29, 0.717) is 5.75 Å². The quantitative estimate of drug-likeness (QED) is 0.266. The van der Waals surface area contributed by atoms with E-state index in [0.717, 1.165) is 49.1 Å². The normalized spacial score (nSPS) is 26.5. The highest BCUT2D eigenvalue weighted by molar-refractivity contribution is 5.75. The van der Waals surface area contributed by atoms with Gasteiger partial charge in [0.25, 0.3) is 0 Å². The summed E-state index contributed by atoms with van der Waals surface area (Å²) in [4.78, 5) is 17.0. The zero-order valence-electron chi connectivity index (χ0n) is 20.1. The topological polar surface area (TPSA) is 39.2 Å². The van der Waals surface area contributed by atoms with Crippen molar-refractivity contribution >= 4 is 5.97 Å². The van der Waals surface area contributed by atoms with Crippen molar-refractivity contribution in [3.63, 3.8) is 0 Å². The highest BCUT2D eigenvalue weighted by Gasteiger charge is 2.33. The lowest BCUT2D eigenvalue weighted by Crippen LogP contribution is -2.30. The predicted molar refractivity (Wildman–Crippen MR) is 128 cm³/mol. The Hall–Kier alpha value is -1.38. The minimum absolute atomic E-state index is 0.0460. The molecular weight excluding hydrogens is 382 g/mol. The number of nitrogens with zero attached hydrogens (tertiary/aromatic N) is 1. The van der Waals surface area contributed by atoms with Gasteiger partial charge in [-0.2, -0.15) is 0 Å². The molecule has 0 spiro atoms. The van der Waals surface area contributed by atoms with Gasteiger partial charge in [-0.15, -0.1) is 0 Å². The number of carbonyl (C=O) groups is 1. The van der Waals surface area contributed by atoms with Crippen LogP contribution in [0.4, 0.5) is 0 Å². The summed E-state index contributed by atoms with van der Waals surface area (Å²) < 4.78 is 5.64. The maximum Gasteiger partial charge on any atom is 0.314 e. The van der Waals surface area contributed by atoms with E-state index >= 15 is 0 Å². The first-order chi connectivity index (χ1) is 15.2. The van der Waals surface area contributed by atoms with Gasteiger partial charge in [-0.1, -0.05) is 71.6 Å². The standard InChI is InChI=1S/C28H45NO2/c1-3-5-6-7-8-10-22-11-13-23(14-12-22)24-15-17-25(18-16-24)28(30)31-27-20-19-26(9-4-2)29-21-27/h19-25H,3-18H2,1-2H3. The van der Waals surface area contributed by atoms with Gasteiger partial charge in [-0.3, -0.25) is 9.78 Å². The molecule has 3 nitrogen and oxygen atoms in total. The van der Waals surface area contributed by atoms with Gasteiger partial charge < -0.3 is 4.74 Å². The Balaban J connectivity index is 1.33. The van der Waals surface area contributed by atoms with Crippen LogP contribution in [0.5, 0.6) is 5.75 Å². The van der Waals surface area contributed by atoms with Crippen molar-refractivity contribution < 1.29 is 9.53 Å². The summed E-state index contributed by atoms with van der Waals surface area (Å²) in [5.74, 6) is 3.36. The lowest BCUT2D eigenvalue weighted by Gasteiger charge is -2.37. The number of hydrogen-bond acceptors (Lipinski definition) is 3. The van der Waals surface area contributed by atoms with E-state index in [2.05, 4.69) is 18.8 Å². The van der Waals surface area contributed by atoms with Crippen molar-refractivity contribution in [3.05, 3.63) is 24.0 Å². The number of aryl methyl sites for hydroxylation is 1. The Bertz CT molecular complexity index is 625. The highest BCUT2D eigenvalue weighted by atomic mass is 16.5. The largest absolute Gasteiger partial charge is 0.425 e. The summed E-state index contributed by atoms with van der Waals surface area (Å²) in [6.07, 6.45) is 22.4. The van der Waals surface area contributed by atoms with Crippen molar-refractivity contribution in [1.82, 2.24) is 4.98 Å². The molecule has 3 rings (SSSR count). The lowest BCUT2D eigenvalue weighted by atomic mass is 9.68. The summed E-state index contributed by atoms with van der Waals surface area (Å²) in [6, 6.07) is 3.87.